The highest BCUT2D eigenvalue weighted by molar-refractivity contribution is 7.45. The van der Waals surface area contributed by atoms with Gasteiger partial charge in [0.25, 0.3) is 7.82 Å². The number of allylic oxidation sites excluding steroid dienone is 4. The molecule has 2 atom stereocenters. The van der Waals surface area contributed by atoms with Gasteiger partial charge in [-0.25, -0.2) is 0 Å². The summed E-state index contributed by atoms with van der Waals surface area (Å²) in [5.41, 5.74) is 0. The Hall–Kier alpha value is -1.02. The Morgan fingerprint density at radius 1 is 0.517 bits per heavy atom. The van der Waals surface area contributed by atoms with Crippen LogP contribution in [0.25, 0.3) is 0 Å². The van der Waals surface area contributed by atoms with Crippen molar-refractivity contribution in [2.24, 2.45) is 0 Å². The molecule has 356 valence electrons. The lowest BCUT2D eigenvalue weighted by molar-refractivity contribution is -0.870. The van der Waals surface area contributed by atoms with Crippen molar-refractivity contribution >= 4 is 13.8 Å². The number of hydrogen-bond donors (Lipinski definition) is 0. The van der Waals surface area contributed by atoms with Crippen LogP contribution >= 0.6 is 7.82 Å². The molecule has 0 rings (SSSR count). The molecule has 8 nitrogen and oxygen atoms in total. The van der Waals surface area contributed by atoms with Crippen molar-refractivity contribution in [3.05, 3.63) is 24.3 Å². The van der Waals surface area contributed by atoms with Crippen molar-refractivity contribution in [1.29, 1.82) is 0 Å². The molecule has 0 aromatic rings. The normalized spacial score (nSPS) is 13.8. The van der Waals surface area contributed by atoms with Crippen LogP contribution in [0.5, 0.6) is 0 Å². The van der Waals surface area contributed by atoms with Crippen LogP contribution in [0, 0.1) is 0 Å². The predicted molar refractivity (Wildman–Crippen MR) is 254 cm³/mol. The molecule has 0 aromatic heterocycles. The number of phosphoric ester groups is 1. The summed E-state index contributed by atoms with van der Waals surface area (Å²) in [6.07, 6.45) is 52.0. The van der Waals surface area contributed by atoms with Crippen LogP contribution in [-0.2, 0) is 27.9 Å². The molecule has 0 heterocycles. The maximum atomic E-state index is 12.7. The van der Waals surface area contributed by atoms with Crippen LogP contribution in [0.3, 0.4) is 0 Å². The molecule has 0 N–H and O–H groups in total. The average molecular weight is 870 g/mol. The van der Waals surface area contributed by atoms with Gasteiger partial charge in [0.05, 0.1) is 34.4 Å². The minimum atomic E-state index is -4.52. The van der Waals surface area contributed by atoms with Gasteiger partial charge in [-0.2, -0.15) is 0 Å². The molecular weight excluding hydrogens is 770 g/mol. The number of hydrogen-bond acceptors (Lipinski definition) is 7. The molecule has 0 spiro atoms. The van der Waals surface area contributed by atoms with Crippen LogP contribution < -0.4 is 4.89 Å². The van der Waals surface area contributed by atoms with Crippen molar-refractivity contribution in [3.8, 4) is 0 Å². The predicted octanol–water partition coefficient (Wildman–Crippen LogP) is 14.9. The van der Waals surface area contributed by atoms with Gasteiger partial charge < -0.3 is 27.9 Å². The fourth-order valence-corrected chi connectivity index (χ4v) is 8.01. The van der Waals surface area contributed by atoms with Crippen molar-refractivity contribution in [2.45, 2.75) is 245 Å². The highest BCUT2D eigenvalue weighted by atomic mass is 31.2. The number of likely N-dealkylation sites (N-methyl/N-ethyl adjacent to an activating group) is 1. The Balaban J connectivity index is 4.05. The zero-order valence-electron chi connectivity index (χ0n) is 40.4. The minimum Gasteiger partial charge on any atom is -0.756 e. The van der Waals surface area contributed by atoms with E-state index >= 15 is 0 Å². The monoisotopic (exact) mass is 870 g/mol. The summed E-state index contributed by atoms with van der Waals surface area (Å²) in [6.45, 7) is 5.45. The van der Waals surface area contributed by atoms with Gasteiger partial charge in [0.1, 0.15) is 19.3 Å². The largest absolute Gasteiger partial charge is 0.756 e. The highest BCUT2D eigenvalue weighted by Gasteiger charge is 2.20. The molecule has 0 radical (unpaired) electrons. The summed E-state index contributed by atoms with van der Waals surface area (Å²) >= 11 is 0. The topological polar surface area (TPSA) is 94.1 Å². The molecule has 0 saturated carbocycles. The molecule has 0 aromatic carbocycles. The number of quaternary nitrogens is 1. The lowest BCUT2D eigenvalue weighted by atomic mass is 10.0. The fraction of sp³-hybridized carbons (Fsp3) is 0.902. The zero-order valence-corrected chi connectivity index (χ0v) is 41.3. The van der Waals surface area contributed by atoms with E-state index in [1.54, 1.807) is 0 Å². The van der Waals surface area contributed by atoms with E-state index < -0.39 is 13.9 Å². The molecule has 0 aliphatic rings. The Morgan fingerprint density at radius 3 is 1.35 bits per heavy atom. The van der Waals surface area contributed by atoms with E-state index in [1.165, 1.54) is 180 Å². The third-order valence-electron chi connectivity index (χ3n) is 11.3. The molecule has 60 heavy (non-hydrogen) atoms. The maximum Gasteiger partial charge on any atom is 0.306 e. The Kier molecular flexibility index (Phi) is 43.8. The van der Waals surface area contributed by atoms with Gasteiger partial charge in [0, 0.05) is 13.0 Å². The van der Waals surface area contributed by atoms with Crippen molar-refractivity contribution in [1.82, 2.24) is 0 Å². The zero-order chi connectivity index (χ0) is 44.1. The summed E-state index contributed by atoms with van der Waals surface area (Å²) in [5, 5.41) is 0. The third kappa shape index (κ3) is 48.0. The smallest absolute Gasteiger partial charge is 0.306 e. The molecule has 9 heteroatoms. The molecule has 2 unspecified atom stereocenters. The standard InChI is InChI=1S/C51H100NO7P/c1-6-8-10-12-14-16-18-20-21-22-23-24-25-26-27-28-29-30-31-32-34-36-38-40-42-44-51(53)59-50(49-58-60(54,55)57-47-45-52(3,4)5)48-56-46-43-41-39-37-35-33-19-17-15-13-11-9-7-2/h18,20,22-23,50H,6-17,19,21,24-49H2,1-5H3/b20-18-,23-22-. The number of unbranched alkanes of at least 4 members (excludes halogenated alkanes) is 30. The van der Waals surface area contributed by atoms with E-state index in [0.717, 1.165) is 38.5 Å². The average Bonchev–Trinajstić information content (AvgIpc) is 3.20. The summed E-state index contributed by atoms with van der Waals surface area (Å²) in [5.74, 6) is -0.331. The number of ether oxygens (including phenoxy) is 2. The van der Waals surface area contributed by atoms with Crippen LogP contribution in [0.4, 0.5) is 0 Å². The molecule has 0 bridgehead atoms. The highest BCUT2D eigenvalue weighted by Crippen LogP contribution is 2.38. The van der Waals surface area contributed by atoms with Gasteiger partial charge in [-0.05, 0) is 44.9 Å². The molecule has 0 fully saturated rings. The first-order valence-electron chi connectivity index (χ1n) is 25.6. The SMILES string of the molecule is CCCCCCC/C=C\C/C=C\CCCCCCCCCCCCCCCC(=O)OC(COCCCCCCCCCCCCCCC)COP(=O)([O-])OCC[N+](C)(C)C. The van der Waals surface area contributed by atoms with E-state index in [1.807, 2.05) is 21.1 Å². The number of nitrogens with zero attached hydrogens (tertiary/aromatic N) is 1. The van der Waals surface area contributed by atoms with Gasteiger partial charge in [-0.3, -0.25) is 9.36 Å². The van der Waals surface area contributed by atoms with E-state index in [9.17, 15) is 14.3 Å². The van der Waals surface area contributed by atoms with Crippen molar-refractivity contribution in [2.75, 3.05) is 54.1 Å². The van der Waals surface area contributed by atoms with Gasteiger partial charge in [0.15, 0.2) is 0 Å². The number of rotatable bonds is 48. The second-order valence-electron chi connectivity index (χ2n) is 18.5. The van der Waals surface area contributed by atoms with E-state index in [0.29, 0.717) is 24.1 Å². The van der Waals surface area contributed by atoms with E-state index in [-0.39, 0.29) is 25.8 Å². The van der Waals surface area contributed by atoms with Gasteiger partial charge >= 0.3 is 5.97 Å². The summed E-state index contributed by atoms with van der Waals surface area (Å²) < 4.78 is 34.7. The lowest BCUT2D eigenvalue weighted by Crippen LogP contribution is -2.37. The number of phosphoric acid groups is 1. The van der Waals surface area contributed by atoms with Crippen LogP contribution in [0.15, 0.2) is 24.3 Å². The summed E-state index contributed by atoms with van der Waals surface area (Å²) in [7, 11) is 1.37. The molecule has 0 aliphatic carbocycles. The maximum absolute atomic E-state index is 12.7. The van der Waals surface area contributed by atoms with E-state index in [4.69, 9.17) is 18.5 Å². The summed E-state index contributed by atoms with van der Waals surface area (Å²) in [4.78, 5) is 25.1. The molecule has 0 aliphatic heterocycles. The fourth-order valence-electron chi connectivity index (χ4n) is 7.28. The number of carbonyl (C=O) groups excluding carboxylic acids is 1. The van der Waals surface area contributed by atoms with Crippen LogP contribution in [0.2, 0.25) is 0 Å². The molecular formula is C51H100NO7P. The van der Waals surface area contributed by atoms with Crippen molar-refractivity contribution in [3.63, 3.8) is 0 Å². The second kappa shape index (κ2) is 44.6. The Morgan fingerprint density at radius 2 is 0.917 bits per heavy atom. The van der Waals surface area contributed by atoms with E-state index in [2.05, 4.69) is 38.2 Å². The molecule has 0 amide bonds. The summed E-state index contributed by atoms with van der Waals surface area (Å²) in [6, 6.07) is 0. The quantitative estimate of drug-likeness (QED) is 0.0198. The number of esters is 1. The Labute approximate surface area is 373 Å². The minimum absolute atomic E-state index is 0.0286. The third-order valence-corrected chi connectivity index (χ3v) is 12.2. The lowest BCUT2D eigenvalue weighted by Gasteiger charge is -2.28. The first-order valence-corrected chi connectivity index (χ1v) is 27.0. The van der Waals surface area contributed by atoms with Gasteiger partial charge in [-0.1, -0.05) is 212 Å². The first-order chi connectivity index (χ1) is 29.1. The molecule has 0 saturated heterocycles. The van der Waals surface area contributed by atoms with Crippen LogP contribution in [0.1, 0.15) is 239 Å². The number of carbonyl (C=O) groups is 1. The van der Waals surface area contributed by atoms with Gasteiger partial charge in [0.2, 0.25) is 0 Å². The van der Waals surface area contributed by atoms with Crippen molar-refractivity contribution < 1.29 is 37.3 Å². The second-order valence-corrected chi connectivity index (χ2v) is 19.9. The van der Waals surface area contributed by atoms with Crippen LogP contribution in [-0.4, -0.2) is 70.7 Å². The Bertz CT molecular complexity index is 1010. The first kappa shape index (κ1) is 59.0. The van der Waals surface area contributed by atoms with Gasteiger partial charge in [-0.15, -0.1) is 0 Å².